The predicted molar refractivity (Wildman–Crippen MR) is 84.8 cm³/mol. The third-order valence-electron chi connectivity index (χ3n) is 3.07. The van der Waals surface area contributed by atoms with Crippen molar-refractivity contribution in [3.05, 3.63) is 29.9 Å². The third-order valence-corrected chi connectivity index (χ3v) is 4.23. The van der Waals surface area contributed by atoms with E-state index in [0.717, 1.165) is 37.6 Å². The first-order chi connectivity index (χ1) is 9.20. The molecule has 0 N–H and O–H groups in total. The Balaban J connectivity index is 2.32. The molecular weight excluding hydrogens is 275 g/mol. The van der Waals surface area contributed by atoms with E-state index in [1.807, 2.05) is 32.2 Å². The molecule has 0 radical (unpaired) electrons. The number of fused-ring (bicyclic) bond motifs is 1. The Morgan fingerprint density at radius 2 is 2.21 bits per heavy atom. The zero-order valence-corrected chi connectivity index (χ0v) is 12.3. The fourth-order valence-electron chi connectivity index (χ4n) is 2.08. The number of methoxy groups -OCH3 is 1. The molecule has 2 heterocycles. The molecule has 3 aromatic rings. The van der Waals surface area contributed by atoms with Gasteiger partial charge in [-0.2, -0.15) is 0 Å². The fraction of sp³-hybridized carbons (Fsp3) is 0.0769. The van der Waals surface area contributed by atoms with Gasteiger partial charge in [0.15, 0.2) is 0 Å². The number of nitrogens with zero attached hydrogens (tertiary/aromatic N) is 2. The van der Waals surface area contributed by atoms with Crippen LogP contribution in [0, 0.1) is 0 Å². The minimum atomic E-state index is 0.842. The van der Waals surface area contributed by atoms with Crippen molar-refractivity contribution in [1.82, 2.24) is 9.97 Å². The minimum absolute atomic E-state index is 0.842. The smallest absolute Gasteiger partial charge is 0.147 e. The summed E-state index contributed by atoms with van der Waals surface area (Å²) in [6.45, 7) is 0. The van der Waals surface area contributed by atoms with Crippen LogP contribution < -0.4 is 10.2 Å². The highest BCUT2D eigenvalue weighted by Gasteiger charge is 2.11. The van der Waals surface area contributed by atoms with Gasteiger partial charge < -0.3 is 4.74 Å². The molecule has 3 rings (SSSR count). The van der Waals surface area contributed by atoms with Gasteiger partial charge in [0, 0.05) is 16.5 Å². The van der Waals surface area contributed by atoms with Gasteiger partial charge in [-0.15, -0.1) is 24.0 Å². The van der Waals surface area contributed by atoms with E-state index in [1.54, 1.807) is 24.0 Å². The van der Waals surface area contributed by atoms with Crippen LogP contribution in [-0.4, -0.2) is 24.9 Å². The van der Waals surface area contributed by atoms with Gasteiger partial charge in [-0.1, -0.05) is 0 Å². The summed E-state index contributed by atoms with van der Waals surface area (Å²) in [6, 6.07) is 5.92. The summed E-state index contributed by atoms with van der Waals surface area (Å²) in [4.78, 5) is 10.8. The number of thiol groups is 1. The average molecular weight is 286 g/mol. The van der Waals surface area contributed by atoms with Crippen molar-refractivity contribution in [2.75, 3.05) is 7.11 Å². The van der Waals surface area contributed by atoms with Gasteiger partial charge in [0.2, 0.25) is 0 Å². The predicted octanol–water partition coefficient (Wildman–Crippen LogP) is 1.91. The molecule has 94 valence electrons. The van der Waals surface area contributed by atoms with Crippen molar-refractivity contribution in [1.29, 1.82) is 0 Å². The Labute approximate surface area is 121 Å². The van der Waals surface area contributed by atoms with E-state index in [4.69, 9.17) is 9.72 Å². The maximum Gasteiger partial charge on any atom is 0.147 e. The van der Waals surface area contributed by atoms with Crippen LogP contribution >= 0.6 is 24.0 Å². The summed E-state index contributed by atoms with van der Waals surface area (Å²) in [6.07, 6.45) is 1.82. The molecule has 0 saturated carbocycles. The van der Waals surface area contributed by atoms with Crippen molar-refractivity contribution < 1.29 is 4.74 Å². The van der Waals surface area contributed by atoms with Crippen molar-refractivity contribution >= 4 is 48.2 Å². The van der Waals surface area contributed by atoms with Gasteiger partial charge in [-0.25, -0.2) is 4.98 Å². The minimum Gasteiger partial charge on any atom is -0.497 e. The van der Waals surface area contributed by atoms with E-state index < -0.39 is 0 Å². The van der Waals surface area contributed by atoms with Crippen LogP contribution in [0.15, 0.2) is 34.8 Å². The molecule has 0 atom stereocenters. The SMILES string of the molecule is Bc1c(OC)ccc2c(S)cc(-c3cncs3)nc12. The molecule has 0 amide bonds. The standard InChI is InChI=1S/C13H11BN2OS2/c1-17-9-3-2-7-10(18)4-8(11-5-15-6-19-11)16-13(7)12(9)14/h2-6H,14H2,1H3,(H,16,18). The zero-order valence-electron chi connectivity index (χ0n) is 10.5. The first-order valence-corrected chi connectivity index (χ1v) is 7.09. The van der Waals surface area contributed by atoms with E-state index in [2.05, 4.69) is 17.6 Å². The number of thiazole rings is 1. The van der Waals surface area contributed by atoms with E-state index in [1.165, 1.54) is 0 Å². The van der Waals surface area contributed by atoms with Crippen molar-refractivity contribution in [2.24, 2.45) is 0 Å². The van der Waals surface area contributed by atoms with Crippen LogP contribution in [0.4, 0.5) is 0 Å². The molecule has 0 saturated heterocycles. The van der Waals surface area contributed by atoms with Crippen LogP contribution in [0.25, 0.3) is 21.5 Å². The fourth-order valence-corrected chi connectivity index (χ4v) is 2.97. The zero-order chi connectivity index (χ0) is 13.4. The number of pyridine rings is 1. The summed E-state index contributed by atoms with van der Waals surface area (Å²) in [5.74, 6) is 0.842. The molecule has 0 aliphatic rings. The van der Waals surface area contributed by atoms with Crippen LogP contribution in [0.3, 0.4) is 0 Å². The van der Waals surface area contributed by atoms with Crippen LogP contribution in [-0.2, 0) is 0 Å². The molecule has 3 nitrogen and oxygen atoms in total. The number of ether oxygens (including phenoxy) is 1. The Bertz CT molecular complexity index is 744. The highest BCUT2D eigenvalue weighted by Crippen LogP contribution is 2.29. The lowest BCUT2D eigenvalue weighted by Gasteiger charge is -2.10. The molecule has 0 aliphatic heterocycles. The molecule has 19 heavy (non-hydrogen) atoms. The van der Waals surface area contributed by atoms with E-state index in [-0.39, 0.29) is 0 Å². The number of aromatic nitrogens is 2. The lowest BCUT2D eigenvalue weighted by atomic mass is 9.91. The monoisotopic (exact) mass is 286 g/mol. The summed E-state index contributed by atoms with van der Waals surface area (Å²) < 4.78 is 5.35. The van der Waals surface area contributed by atoms with Gasteiger partial charge in [-0.3, -0.25) is 4.98 Å². The van der Waals surface area contributed by atoms with Crippen molar-refractivity contribution in [2.45, 2.75) is 4.90 Å². The van der Waals surface area contributed by atoms with E-state index >= 15 is 0 Å². The highest BCUT2D eigenvalue weighted by molar-refractivity contribution is 7.80. The molecule has 0 aliphatic carbocycles. The Hall–Kier alpha value is -1.53. The number of hydrogen-bond donors (Lipinski definition) is 1. The Kier molecular flexibility index (Phi) is 3.20. The Morgan fingerprint density at radius 3 is 2.89 bits per heavy atom. The quantitative estimate of drug-likeness (QED) is 0.577. The second-order valence-corrected chi connectivity index (χ2v) is 5.55. The van der Waals surface area contributed by atoms with Crippen LogP contribution in [0.2, 0.25) is 0 Å². The van der Waals surface area contributed by atoms with Gasteiger partial charge >= 0.3 is 0 Å². The average Bonchev–Trinajstić information content (AvgIpc) is 2.94. The van der Waals surface area contributed by atoms with Gasteiger partial charge in [0.05, 0.1) is 28.7 Å². The molecule has 0 unspecified atom stereocenters. The maximum absolute atomic E-state index is 5.35. The number of rotatable bonds is 2. The molecule has 1 aromatic carbocycles. The lowest BCUT2D eigenvalue weighted by molar-refractivity contribution is 0.418. The molecular formula is C13H11BN2OS2. The highest BCUT2D eigenvalue weighted by atomic mass is 32.1. The normalized spacial score (nSPS) is 10.8. The lowest BCUT2D eigenvalue weighted by Crippen LogP contribution is -2.10. The summed E-state index contributed by atoms with van der Waals surface area (Å²) >= 11 is 6.14. The third kappa shape index (κ3) is 2.11. The molecule has 2 aromatic heterocycles. The van der Waals surface area contributed by atoms with Crippen LogP contribution in [0.5, 0.6) is 5.75 Å². The topological polar surface area (TPSA) is 35.0 Å². The largest absolute Gasteiger partial charge is 0.497 e. The maximum atomic E-state index is 5.35. The first kappa shape index (κ1) is 12.5. The molecule has 0 spiro atoms. The van der Waals surface area contributed by atoms with Gasteiger partial charge in [0.1, 0.15) is 13.6 Å². The summed E-state index contributed by atoms with van der Waals surface area (Å²) in [5.41, 5.74) is 4.66. The van der Waals surface area contributed by atoms with Crippen molar-refractivity contribution in [3.63, 3.8) is 0 Å². The second-order valence-electron chi connectivity index (χ2n) is 4.18. The molecule has 6 heteroatoms. The summed E-state index contributed by atoms with van der Waals surface area (Å²) in [5, 5.41) is 1.04. The van der Waals surface area contributed by atoms with Gasteiger partial charge in [-0.05, 0) is 23.7 Å². The second kappa shape index (κ2) is 4.87. The molecule has 0 fully saturated rings. The molecule has 0 bridgehead atoms. The van der Waals surface area contributed by atoms with Crippen LogP contribution in [0.1, 0.15) is 0 Å². The Morgan fingerprint density at radius 1 is 1.37 bits per heavy atom. The summed E-state index contributed by atoms with van der Waals surface area (Å²) in [7, 11) is 3.68. The van der Waals surface area contributed by atoms with Crippen molar-refractivity contribution in [3.8, 4) is 16.3 Å². The first-order valence-electron chi connectivity index (χ1n) is 5.77. The number of benzene rings is 1. The van der Waals surface area contributed by atoms with E-state index in [9.17, 15) is 0 Å². The van der Waals surface area contributed by atoms with Gasteiger partial charge in [0.25, 0.3) is 0 Å². The number of hydrogen-bond acceptors (Lipinski definition) is 5. The van der Waals surface area contributed by atoms with E-state index in [0.29, 0.717) is 0 Å².